The third-order valence-electron chi connectivity index (χ3n) is 5.32. The lowest BCUT2D eigenvalue weighted by molar-refractivity contribution is 0.123. The molecule has 1 fully saturated rings. The first-order valence-electron chi connectivity index (χ1n) is 9.72. The molecule has 30 heavy (non-hydrogen) atoms. The molecule has 3 aromatic rings. The van der Waals surface area contributed by atoms with Crippen LogP contribution < -0.4 is 26.0 Å². The summed E-state index contributed by atoms with van der Waals surface area (Å²) in [6.07, 6.45) is 0. The zero-order chi connectivity index (χ0) is 21.3. The summed E-state index contributed by atoms with van der Waals surface area (Å²) >= 11 is 0. The molecule has 0 saturated carbocycles. The number of aromatic nitrogens is 2. The largest absolute Gasteiger partial charge is 0.497 e. The highest BCUT2D eigenvalue weighted by molar-refractivity contribution is 6.04. The Bertz CT molecular complexity index is 1140. The van der Waals surface area contributed by atoms with Gasteiger partial charge in [-0.2, -0.15) is 0 Å². The van der Waals surface area contributed by atoms with Crippen LogP contribution in [-0.4, -0.2) is 48.6 Å². The van der Waals surface area contributed by atoms with Crippen molar-refractivity contribution < 1.29 is 14.3 Å². The van der Waals surface area contributed by atoms with Crippen molar-refractivity contribution in [3.63, 3.8) is 0 Å². The van der Waals surface area contributed by atoms with Crippen LogP contribution in [0.5, 0.6) is 5.75 Å². The number of amides is 2. The van der Waals surface area contributed by atoms with Crippen LogP contribution in [0.15, 0.2) is 41.2 Å². The molecule has 1 aliphatic heterocycles. The average Bonchev–Trinajstić information content (AvgIpc) is 2.97. The number of rotatable bonds is 4. The second-order valence-electron chi connectivity index (χ2n) is 7.17. The van der Waals surface area contributed by atoms with Crippen molar-refractivity contribution in [2.24, 2.45) is 14.1 Å². The third-order valence-corrected chi connectivity index (χ3v) is 5.32. The van der Waals surface area contributed by atoms with E-state index in [0.717, 1.165) is 16.7 Å². The van der Waals surface area contributed by atoms with Crippen molar-refractivity contribution in [1.29, 1.82) is 0 Å². The van der Waals surface area contributed by atoms with Crippen LogP contribution in [0.3, 0.4) is 0 Å². The van der Waals surface area contributed by atoms with Gasteiger partial charge in [0, 0.05) is 38.9 Å². The van der Waals surface area contributed by atoms with E-state index in [1.54, 1.807) is 48.5 Å². The number of carbonyl (C=O) groups excluding carboxylic acids is 1. The topological polar surface area (TPSA) is 89.8 Å². The number of morpholine rings is 1. The summed E-state index contributed by atoms with van der Waals surface area (Å²) in [5, 5.41) is 5.77. The van der Waals surface area contributed by atoms with Crippen molar-refractivity contribution in [3.05, 3.63) is 46.9 Å². The van der Waals surface area contributed by atoms with Crippen molar-refractivity contribution in [2.75, 3.05) is 48.9 Å². The lowest BCUT2D eigenvalue weighted by atomic mass is 10.2. The lowest BCUT2D eigenvalue weighted by Gasteiger charge is -2.30. The minimum atomic E-state index is -0.377. The molecule has 0 unspecified atom stereocenters. The summed E-state index contributed by atoms with van der Waals surface area (Å²) in [6.45, 7) is 2.64. The van der Waals surface area contributed by atoms with E-state index in [1.807, 2.05) is 18.2 Å². The van der Waals surface area contributed by atoms with Crippen molar-refractivity contribution >= 4 is 34.1 Å². The SMILES string of the molecule is COc1cccc(NC(=O)Nc2cc3c(cc2N2CCOCC2)n(C)c(=O)n3C)c1. The molecule has 1 saturated heterocycles. The summed E-state index contributed by atoms with van der Waals surface area (Å²) in [7, 11) is 5.04. The summed E-state index contributed by atoms with van der Waals surface area (Å²) in [5.74, 6) is 0.655. The van der Waals surface area contributed by atoms with Gasteiger partial charge >= 0.3 is 11.7 Å². The maximum Gasteiger partial charge on any atom is 0.328 e. The van der Waals surface area contributed by atoms with Gasteiger partial charge in [0.25, 0.3) is 0 Å². The highest BCUT2D eigenvalue weighted by Gasteiger charge is 2.20. The molecule has 9 heteroatoms. The Morgan fingerprint density at radius 2 is 1.73 bits per heavy atom. The van der Waals surface area contributed by atoms with Gasteiger partial charge in [-0.05, 0) is 24.3 Å². The van der Waals surface area contributed by atoms with Gasteiger partial charge < -0.3 is 25.0 Å². The van der Waals surface area contributed by atoms with E-state index >= 15 is 0 Å². The fourth-order valence-electron chi connectivity index (χ4n) is 3.69. The Morgan fingerprint density at radius 3 is 2.43 bits per heavy atom. The molecule has 0 aliphatic carbocycles. The number of aryl methyl sites for hydroxylation is 2. The number of hydrogen-bond acceptors (Lipinski definition) is 5. The van der Waals surface area contributed by atoms with E-state index in [-0.39, 0.29) is 11.7 Å². The van der Waals surface area contributed by atoms with Crippen LogP contribution >= 0.6 is 0 Å². The van der Waals surface area contributed by atoms with Crippen LogP contribution in [0.1, 0.15) is 0 Å². The monoisotopic (exact) mass is 411 g/mol. The Balaban J connectivity index is 1.69. The predicted octanol–water partition coefficient (Wildman–Crippen LogP) is 2.37. The van der Waals surface area contributed by atoms with E-state index in [2.05, 4.69) is 15.5 Å². The van der Waals surface area contributed by atoms with E-state index in [1.165, 1.54) is 0 Å². The number of ether oxygens (including phenoxy) is 2. The maximum absolute atomic E-state index is 12.7. The first-order valence-corrected chi connectivity index (χ1v) is 9.72. The zero-order valence-electron chi connectivity index (χ0n) is 17.3. The number of hydrogen-bond donors (Lipinski definition) is 2. The highest BCUT2D eigenvalue weighted by atomic mass is 16.5. The van der Waals surface area contributed by atoms with Gasteiger partial charge in [0.2, 0.25) is 0 Å². The summed E-state index contributed by atoms with van der Waals surface area (Å²) in [6, 6.07) is 10.6. The second kappa shape index (κ2) is 8.11. The molecule has 1 aromatic heterocycles. The van der Waals surface area contributed by atoms with Gasteiger partial charge in [-0.3, -0.25) is 9.13 Å². The molecule has 4 rings (SSSR count). The Hall–Kier alpha value is -3.46. The molecule has 0 spiro atoms. The van der Waals surface area contributed by atoms with Crippen LogP contribution in [-0.2, 0) is 18.8 Å². The van der Waals surface area contributed by atoms with Crippen LogP contribution in [0, 0.1) is 0 Å². The van der Waals surface area contributed by atoms with Gasteiger partial charge in [-0.15, -0.1) is 0 Å². The molecule has 2 heterocycles. The van der Waals surface area contributed by atoms with E-state index < -0.39 is 0 Å². The fraction of sp³-hybridized carbons (Fsp3) is 0.333. The number of urea groups is 1. The highest BCUT2D eigenvalue weighted by Crippen LogP contribution is 2.32. The quantitative estimate of drug-likeness (QED) is 0.688. The van der Waals surface area contributed by atoms with E-state index in [0.29, 0.717) is 43.4 Å². The normalized spacial score (nSPS) is 14.0. The van der Waals surface area contributed by atoms with Crippen molar-refractivity contribution in [2.45, 2.75) is 0 Å². The minimum Gasteiger partial charge on any atom is -0.497 e. The second-order valence-corrected chi connectivity index (χ2v) is 7.17. The molecule has 0 atom stereocenters. The minimum absolute atomic E-state index is 0.115. The molecular weight excluding hydrogens is 386 g/mol. The van der Waals surface area contributed by atoms with Crippen LogP contribution in [0.25, 0.3) is 11.0 Å². The molecule has 2 aromatic carbocycles. The average molecular weight is 411 g/mol. The Morgan fingerprint density at radius 1 is 1.03 bits per heavy atom. The molecule has 2 N–H and O–H groups in total. The molecule has 0 radical (unpaired) electrons. The third kappa shape index (κ3) is 3.71. The molecule has 1 aliphatic rings. The number of nitrogens with one attached hydrogen (secondary N) is 2. The van der Waals surface area contributed by atoms with Gasteiger partial charge in [0.1, 0.15) is 5.75 Å². The van der Waals surface area contributed by atoms with Crippen molar-refractivity contribution in [3.8, 4) is 5.75 Å². The fourth-order valence-corrected chi connectivity index (χ4v) is 3.69. The number of anilines is 3. The van der Waals surface area contributed by atoms with Gasteiger partial charge in [-0.25, -0.2) is 9.59 Å². The summed E-state index contributed by atoms with van der Waals surface area (Å²) < 4.78 is 13.9. The van der Waals surface area contributed by atoms with Crippen LogP contribution in [0.4, 0.5) is 21.9 Å². The first kappa shape index (κ1) is 19.8. The number of fused-ring (bicyclic) bond motifs is 1. The standard InChI is InChI=1S/C21H25N5O4/c1-24-18-12-16(23-20(27)22-14-5-4-6-15(11-14)29-3)17(26-7-9-30-10-8-26)13-19(18)25(2)21(24)28/h4-6,11-13H,7-10H2,1-3H3,(H2,22,23,27). The first-order chi connectivity index (χ1) is 14.5. The molecule has 0 bridgehead atoms. The number of benzene rings is 2. The summed E-state index contributed by atoms with van der Waals surface area (Å²) in [5.41, 5.74) is 3.54. The number of carbonyl (C=O) groups is 1. The molecule has 158 valence electrons. The Kier molecular flexibility index (Phi) is 5.37. The van der Waals surface area contributed by atoms with Gasteiger partial charge in [0.05, 0.1) is 42.7 Å². The number of methoxy groups -OCH3 is 1. The number of nitrogens with zero attached hydrogens (tertiary/aromatic N) is 3. The Labute approximate surface area is 173 Å². The summed E-state index contributed by atoms with van der Waals surface area (Å²) in [4.78, 5) is 27.3. The van der Waals surface area contributed by atoms with Crippen LogP contribution in [0.2, 0.25) is 0 Å². The maximum atomic E-state index is 12.7. The zero-order valence-corrected chi connectivity index (χ0v) is 17.3. The van der Waals surface area contributed by atoms with Gasteiger partial charge in [-0.1, -0.05) is 6.07 Å². The van der Waals surface area contributed by atoms with Gasteiger partial charge in [0.15, 0.2) is 0 Å². The van der Waals surface area contributed by atoms with E-state index in [4.69, 9.17) is 9.47 Å². The molecular formula is C21H25N5O4. The lowest BCUT2D eigenvalue weighted by Crippen LogP contribution is -2.37. The molecule has 9 nitrogen and oxygen atoms in total. The van der Waals surface area contributed by atoms with Crippen molar-refractivity contribution in [1.82, 2.24) is 9.13 Å². The number of imidazole rings is 1. The smallest absolute Gasteiger partial charge is 0.328 e. The predicted molar refractivity (Wildman–Crippen MR) is 117 cm³/mol. The van der Waals surface area contributed by atoms with E-state index in [9.17, 15) is 9.59 Å². The molecule has 2 amide bonds.